The molecule has 1 aromatic carbocycles. The second kappa shape index (κ2) is 7.27. The average Bonchev–Trinajstić information content (AvgIpc) is 2.08. The predicted molar refractivity (Wildman–Crippen MR) is 31.1 cm³/mol. The van der Waals surface area contributed by atoms with E-state index in [0.29, 0.717) is 5.75 Å². The second-order valence-corrected chi connectivity index (χ2v) is 1.71. The number of para-hydroxylation sites is 1. The molecule has 0 aliphatic carbocycles. The van der Waals surface area contributed by atoms with E-state index in [4.69, 9.17) is 12.6 Å². The summed E-state index contributed by atoms with van der Waals surface area (Å²) in [6.45, 7) is 0. The normalized spacial score (nSPS) is 7.00. The Hall–Kier alpha value is -0.836. The maximum atomic E-state index is 8.47. The van der Waals surface area contributed by atoms with E-state index in [2.05, 4.69) is 4.89 Å². The Morgan fingerprint density at radius 2 is 1.64 bits per heavy atom. The minimum atomic E-state index is -1.81. The molecule has 0 unspecified atom stereocenters. The van der Waals surface area contributed by atoms with Crippen LogP contribution in [0.4, 0.5) is 0 Å². The summed E-state index contributed by atoms with van der Waals surface area (Å²) in [7, 11) is 0. The number of rotatable bonds is 1. The van der Waals surface area contributed by atoms with Gasteiger partial charge in [0.2, 0.25) is 0 Å². The van der Waals surface area contributed by atoms with E-state index >= 15 is 0 Å². The first-order valence-corrected chi connectivity index (χ1v) is 3.80. The van der Waals surface area contributed by atoms with Crippen molar-refractivity contribution in [1.29, 1.82) is 0 Å². The van der Waals surface area contributed by atoms with Crippen LogP contribution in [-0.4, -0.2) is 5.26 Å². The van der Waals surface area contributed by atoms with Crippen LogP contribution < -0.4 is 4.89 Å². The van der Waals surface area contributed by atoms with Gasteiger partial charge in [0.05, 0.1) is 0 Å². The van der Waals surface area contributed by atoms with E-state index in [1.54, 1.807) is 24.3 Å². The van der Waals surface area contributed by atoms with Crippen LogP contribution in [0.1, 0.15) is 0 Å². The van der Waals surface area contributed by atoms with Gasteiger partial charge in [0.15, 0.2) is 5.75 Å². The van der Waals surface area contributed by atoms with Gasteiger partial charge in [-0.3, -0.25) is 0 Å². The maximum absolute atomic E-state index is 8.47. The van der Waals surface area contributed by atoms with Crippen molar-refractivity contribution in [2.24, 2.45) is 0 Å². The monoisotopic (exact) mass is 193 g/mol. The van der Waals surface area contributed by atoms with E-state index in [1.165, 1.54) is 0 Å². The molecule has 0 spiro atoms. The molecule has 0 aromatic heterocycles. The van der Waals surface area contributed by atoms with Crippen molar-refractivity contribution in [3.8, 4) is 5.75 Å². The molecule has 1 rings (SSSR count). The van der Waals surface area contributed by atoms with Gasteiger partial charge in [0, 0.05) is 0 Å². The summed E-state index contributed by atoms with van der Waals surface area (Å²) < 4.78 is 16.9. The first kappa shape index (κ1) is 10.2. The quantitative estimate of drug-likeness (QED) is 0.539. The van der Waals surface area contributed by atoms with Gasteiger partial charge >= 0.3 is 23.5 Å². The summed E-state index contributed by atoms with van der Waals surface area (Å²) in [5, 5.41) is 8.04. The van der Waals surface area contributed by atoms with Gasteiger partial charge in [-0.15, -0.1) is 0 Å². The minimum absolute atomic E-state index is 0.465. The molecule has 0 heterocycles. The Labute approximate surface area is 70.3 Å². The molecule has 0 radical (unpaired) electrons. The molecule has 4 nitrogen and oxygen atoms in total. The molecule has 0 saturated carbocycles. The molecule has 1 aromatic rings. The molecule has 59 valence electrons. The van der Waals surface area contributed by atoms with Crippen LogP contribution in [0.15, 0.2) is 30.3 Å². The summed E-state index contributed by atoms with van der Waals surface area (Å²) in [5.74, 6) is 0.465. The van der Waals surface area contributed by atoms with Crippen LogP contribution in [0.25, 0.3) is 0 Å². The fourth-order valence-electron chi connectivity index (χ4n) is 0.481. The molecular weight excluding hydrogens is 187 g/mol. The molecule has 1 N–H and O–H groups in total. The van der Waals surface area contributed by atoms with Gasteiger partial charge in [-0.1, -0.05) is 18.2 Å². The zero-order chi connectivity index (χ0) is 8.53. The van der Waals surface area contributed by atoms with Crippen molar-refractivity contribution in [2.75, 3.05) is 0 Å². The molecule has 11 heavy (non-hydrogen) atoms. The third-order valence-corrected chi connectivity index (χ3v) is 0.849. The number of hydrogen-bond donors (Lipinski definition) is 1. The molecule has 0 aliphatic rings. The fourth-order valence-corrected chi connectivity index (χ4v) is 0.481. The summed E-state index contributed by atoms with van der Waals surface area (Å²) in [6, 6.07) is 8.75. The van der Waals surface area contributed by atoms with Gasteiger partial charge in [-0.25, -0.2) is 5.26 Å². The Morgan fingerprint density at radius 3 is 1.91 bits per heavy atom. The van der Waals surface area contributed by atoms with E-state index in [-0.39, 0.29) is 0 Å². The van der Waals surface area contributed by atoms with Gasteiger partial charge in [-0.2, -0.15) is 0 Å². The van der Waals surface area contributed by atoms with E-state index in [9.17, 15) is 0 Å². The first-order valence-electron chi connectivity index (χ1n) is 2.66. The molecule has 0 bridgehead atoms. The van der Waals surface area contributed by atoms with Crippen LogP contribution in [-0.2, 0) is 23.5 Å². The third-order valence-electron chi connectivity index (χ3n) is 0.849. The fraction of sp³-hybridized carbons (Fsp3) is 0. The summed E-state index contributed by atoms with van der Waals surface area (Å²) >= 11 is -1.81. The predicted octanol–water partition coefficient (Wildman–Crippen LogP) is 1.30. The van der Waals surface area contributed by atoms with Crippen molar-refractivity contribution in [1.82, 2.24) is 0 Å². The van der Waals surface area contributed by atoms with Gasteiger partial charge in [-0.05, 0) is 12.1 Å². The number of benzene rings is 1. The molecule has 0 amide bonds. The molecular formula is C6H6O4V. The van der Waals surface area contributed by atoms with Crippen LogP contribution in [0.5, 0.6) is 5.75 Å². The average molecular weight is 193 g/mol. The van der Waals surface area contributed by atoms with Crippen LogP contribution in [0.2, 0.25) is 0 Å². The molecule has 0 aliphatic heterocycles. The van der Waals surface area contributed by atoms with Gasteiger partial charge < -0.3 is 4.89 Å². The second-order valence-electron chi connectivity index (χ2n) is 1.48. The Balaban J connectivity index is 0.000000292. The molecule has 0 saturated heterocycles. The molecule has 0 atom stereocenters. The molecule has 0 fully saturated rings. The third kappa shape index (κ3) is 5.60. The van der Waals surface area contributed by atoms with Crippen LogP contribution in [0, 0.1) is 0 Å². The topological polar surface area (TPSA) is 63.6 Å². The van der Waals surface area contributed by atoms with E-state index in [0.717, 1.165) is 0 Å². The van der Waals surface area contributed by atoms with Crippen LogP contribution in [0.3, 0.4) is 0 Å². The number of hydrogen-bond acceptors (Lipinski definition) is 4. The van der Waals surface area contributed by atoms with Gasteiger partial charge in [0.1, 0.15) is 0 Å². The van der Waals surface area contributed by atoms with E-state index in [1.807, 2.05) is 6.07 Å². The first-order chi connectivity index (χ1) is 5.35. The standard InChI is InChI=1S/C6H6O2.2O.V/c7-8-6-4-2-1-3-5-6;;;/h1-5,7H;;;. The van der Waals surface area contributed by atoms with Crippen molar-refractivity contribution < 1.29 is 33.7 Å². The van der Waals surface area contributed by atoms with Crippen molar-refractivity contribution >= 4 is 0 Å². The Bertz CT molecular complexity index is 217. The van der Waals surface area contributed by atoms with Crippen LogP contribution >= 0.6 is 0 Å². The zero-order valence-electron chi connectivity index (χ0n) is 5.51. The molecule has 5 heteroatoms. The van der Waals surface area contributed by atoms with Crippen molar-refractivity contribution in [2.45, 2.75) is 0 Å². The zero-order valence-corrected chi connectivity index (χ0v) is 6.90. The van der Waals surface area contributed by atoms with E-state index < -0.39 is 16.2 Å². The van der Waals surface area contributed by atoms with Crippen molar-refractivity contribution in [3.05, 3.63) is 30.3 Å². The SMILES string of the molecule is OOc1ccccc1.[O]=[V]=[O]. The van der Waals surface area contributed by atoms with Gasteiger partial charge in [0.25, 0.3) is 0 Å². The summed E-state index contributed by atoms with van der Waals surface area (Å²) in [4.78, 5) is 3.91. The Morgan fingerprint density at radius 1 is 1.18 bits per heavy atom. The van der Waals surface area contributed by atoms with Crippen molar-refractivity contribution in [3.63, 3.8) is 0 Å². The summed E-state index contributed by atoms with van der Waals surface area (Å²) in [5.41, 5.74) is 0. The summed E-state index contributed by atoms with van der Waals surface area (Å²) in [6.07, 6.45) is 0. The Kier molecular flexibility index (Phi) is 6.72.